The van der Waals surface area contributed by atoms with Crippen LogP contribution in [-0.4, -0.2) is 73.7 Å². The van der Waals surface area contributed by atoms with E-state index >= 15 is 0 Å². The molecule has 11 heteroatoms. The maximum Gasteiger partial charge on any atom is 0.290 e. The third-order valence-corrected chi connectivity index (χ3v) is 6.76. The van der Waals surface area contributed by atoms with Gasteiger partial charge in [0.2, 0.25) is 16.8 Å². The lowest BCUT2D eigenvalue weighted by molar-refractivity contribution is -0.122. The van der Waals surface area contributed by atoms with Gasteiger partial charge in [-0.3, -0.25) is 4.79 Å². The Hall–Kier alpha value is -2.63. The van der Waals surface area contributed by atoms with E-state index in [0.29, 0.717) is 24.7 Å². The van der Waals surface area contributed by atoms with Crippen molar-refractivity contribution in [3.05, 3.63) is 30.6 Å². The molecule has 2 atom stereocenters. The van der Waals surface area contributed by atoms with E-state index in [2.05, 4.69) is 4.98 Å². The summed E-state index contributed by atoms with van der Waals surface area (Å²) in [5, 5.41) is 6.89. The summed E-state index contributed by atoms with van der Waals surface area (Å²) in [4.78, 5) is 12.8. The quantitative estimate of drug-likeness (QED) is 0.706. The fourth-order valence-corrected chi connectivity index (χ4v) is 4.47. The predicted molar refractivity (Wildman–Crippen MR) is 103 cm³/mol. The number of rotatable bonds is 5. The van der Waals surface area contributed by atoms with E-state index in [1.165, 1.54) is 4.31 Å². The highest BCUT2D eigenvalue weighted by Gasteiger charge is 2.35. The minimum Gasteiger partial charge on any atom is -0.483 e. The molecule has 1 fully saturated rings. The number of hydrogen-bond acceptors (Lipinski definition) is 7. The summed E-state index contributed by atoms with van der Waals surface area (Å²) in [6.07, 6.45) is 3.59. The standard InChI is InChI=1S/C17H21N3O5S.CH2O2/c1-19(2)26(21,22)10-13-8-23-9-14(13)20-6-5-18-17(20)12-3-4-15-16(7-12)25-11-24-15;2-1-3/h3-7,13-14H,8-11H2,1-2H3;1H,(H,2,3)/t13-,14+;/m0./s1. The Balaban J connectivity index is 0.000000755. The summed E-state index contributed by atoms with van der Waals surface area (Å²) in [7, 11) is -0.206. The van der Waals surface area contributed by atoms with Crippen LogP contribution in [0.1, 0.15) is 6.04 Å². The number of nitrogens with zero attached hydrogens (tertiary/aromatic N) is 3. The van der Waals surface area contributed by atoms with Crippen LogP contribution < -0.4 is 9.47 Å². The second-order valence-electron chi connectivity index (χ2n) is 6.76. The van der Waals surface area contributed by atoms with Gasteiger partial charge in [-0.25, -0.2) is 17.7 Å². The van der Waals surface area contributed by atoms with Gasteiger partial charge >= 0.3 is 0 Å². The lowest BCUT2D eigenvalue weighted by Crippen LogP contribution is -2.32. The Morgan fingerprint density at radius 3 is 2.72 bits per heavy atom. The summed E-state index contributed by atoms with van der Waals surface area (Å²) < 4.78 is 44.3. The largest absolute Gasteiger partial charge is 0.483 e. The third-order valence-electron chi connectivity index (χ3n) is 4.80. The summed E-state index contributed by atoms with van der Waals surface area (Å²) in [5.41, 5.74) is 0.889. The molecule has 0 spiro atoms. The zero-order chi connectivity index (χ0) is 21.0. The number of carboxylic acid groups (broad SMARTS) is 1. The number of imidazole rings is 1. The molecule has 1 aromatic carbocycles. The lowest BCUT2D eigenvalue weighted by Gasteiger charge is -2.22. The van der Waals surface area contributed by atoms with E-state index in [0.717, 1.165) is 11.4 Å². The average Bonchev–Trinajstić information content (AvgIpc) is 3.41. The minimum atomic E-state index is -3.31. The number of sulfonamides is 1. The van der Waals surface area contributed by atoms with E-state index in [9.17, 15) is 8.42 Å². The number of hydrogen-bond donors (Lipinski definition) is 1. The molecule has 10 nitrogen and oxygen atoms in total. The van der Waals surface area contributed by atoms with Crippen molar-refractivity contribution < 1.29 is 32.5 Å². The third kappa shape index (κ3) is 4.52. The van der Waals surface area contributed by atoms with Gasteiger partial charge in [-0.2, -0.15) is 0 Å². The van der Waals surface area contributed by atoms with Gasteiger partial charge in [0.15, 0.2) is 11.5 Å². The molecule has 2 aromatic rings. The Morgan fingerprint density at radius 2 is 2.00 bits per heavy atom. The second-order valence-corrected chi connectivity index (χ2v) is 8.98. The minimum absolute atomic E-state index is 0.0451. The first-order valence-corrected chi connectivity index (χ1v) is 10.5. The molecule has 158 valence electrons. The number of ether oxygens (including phenoxy) is 3. The first kappa shape index (κ1) is 21.1. The van der Waals surface area contributed by atoms with Crippen molar-refractivity contribution in [2.45, 2.75) is 6.04 Å². The van der Waals surface area contributed by atoms with Crippen molar-refractivity contribution in [2.75, 3.05) is 39.9 Å². The molecule has 0 amide bonds. The lowest BCUT2D eigenvalue weighted by atomic mass is 10.1. The van der Waals surface area contributed by atoms with Crippen LogP contribution in [0.15, 0.2) is 30.6 Å². The van der Waals surface area contributed by atoms with Crippen molar-refractivity contribution in [3.63, 3.8) is 0 Å². The Kier molecular flexibility index (Phi) is 6.40. The van der Waals surface area contributed by atoms with Crippen LogP contribution in [0.4, 0.5) is 0 Å². The van der Waals surface area contributed by atoms with Crippen LogP contribution in [0.2, 0.25) is 0 Å². The molecule has 1 saturated heterocycles. The van der Waals surface area contributed by atoms with E-state index < -0.39 is 10.0 Å². The molecule has 1 N–H and O–H groups in total. The van der Waals surface area contributed by atoms with E-state index in [1.807, 2.05) is 29.0 Å². The molecule has 0 aliphatic carbocycles. The second kappa shape index (κ2) is 8.80. The van der Waals surface area contributed by atoms with Gasteiger partial charge in [0.05, 0.1) is 25.0 Å². The molecule has 0 radical (unpaired) electrons. The highest BCUT2D eigenvalue weighted by Crippen LogP contribution is 2.37. The number of carbonyl (C=O) groups is 1. The molecule has 1 aromatic heterocycles. The van der Waals surface area contributed by atoms with Crippen LogP contribution in [0.5, 0.6) is 11.5 Å². The first-order chi connectivity index (χ1) is 13.9. The van der Waals surface area contributed by atoms with Crippen molar-refractivity contribution >= 4 is 16.5 Å². The van der Waals surface area contributed by atoms with Crippen molar-refractivity contribution in [3.8, 4) is 22.9 Å². The monoisotopic (exact) mass is 425 g/mol. The number of aromatic nitrogens is 2. The van der Waals surface area contributed by atoms with Gasteiger partial charge in [-0.1, -0.05) is 0 Å². The van der Waals surface area contributed by atoms with Crippen LogP contribution in [0.25, 0.3) is 11.4 Å². The molecule has 0 bridgehead atoms. The van der Waals surface area contributed by atoms with E-state index in [1.54, 1.807) is 20.3 Å². The normalized spacial score (nSPS) is 20.4. The molecular formula is C18H23N3O7S. The van der Waals surface area contributed by atoms with Gasteiger partial charge in [-0.15, -0.1) is 0 Å². The van der Waals surface area contributed by atoms with E-state index in [-0.39, 0.29) is 31.0 Å². The molecule has 4 rings (SSSR count). The van der Waals surface area contributed by atoms with Gasteiger partial charge < -0.3 is 23.9 Å². The topological polar surface area (TPSA) is 120 Å². The van der Waals surface area contributed by atoms with Crippen molar-refractivity contribution in [1.82, 2.24) is 13.9 Å². The van der Waals surface area contributed by atoms with E-state index in [4.69, 9.17) is 24.1 Å². The fraction of sp³-hybridized carbons (Fsp3) is 0.444. The maximum absolute atomic E-state index is 12.3. The smallest absolute Gasteiger partial charge is 0.290 e. The zero-order valence-corrected chi connectivity index (χ0v) is 16.9. The molecule has 29 heavy (non-hydrogen) atoms. The summed E-state index contributed by atoms with van der Waals surface area (Å²) >= 11 is 0. The summed E-state index contributed by atoms with van der Waals surface area (Å²) in [5.74, 6) is 2.07. The Labute approximate surface area is 168 Å². The number of benzene rings is 1. The van der Waals surface area contributed by atoms with Crippen LogP contribution >= 0.6 is 0 Å². The predicted octanol–water partition coefficient (Wildman–Crippen LogP) is 1.06. The molecule has 0 saturated carbocycles. The fourth-order valence-electron chi connectivity index (χ4n) is 3.31. The highest BCUT2D eigenvalue weighted by atomic mass is 32.2. The summed E-state index contributed by atoms with van der Waals surface area (Å²) in [6.45, 7) is 0.839. The van der Waals surface area contributed by atoms with Crippen LogP contribution in [0.3, 0.4) is 0 Å². The maximum atomic E-state index is 12.3. The Morgan fingerprint density at radius 1 is 1.28 bits per heavy atom. The van der Waals surface area contributed by atoms with Gasteiger partial charge in [0.1, 0.15) is 5.82 Å². The SMILES string of the molecule is CN(C)S(=O)(=O)C[C@@H]1COC[C@H]1n1ccnc1-c1ccc2c(c1)OCO2.O=CO. The molecule has 0 unspecified atom stereocenters. The van der Waals surface area contributed by atoms with Crippen molar-refractivity contribution in [2.24, 2.45) is 5.92 Å². The molecule has 2 aliphatic heterocycles. The molecular weight excluding hydrogens is 402 g/mol. The van der Waals surface area contributed by atoms with Gasteiger partial charge in [-0.05, 0) is 18.2 Å². The van der Waals surface area contributed by atoms with Crippen LogP contribution in [-0.2, 0) is 19.6 Å². The van der Waals surface area contributed by atoms with Crippen molar-refractivity contribution in [1.29, 1.82) is 0 Å². The summed E-state index contributed by atoms with van der Waals surface area (Å²) in [6, 6.07) is 5.58. The number of fused-ring (bicyclic) bond motifs is 1. The van der Waals surface area contributed by atoms with Gasteiger partial charge in [0.25, 0.3) is 6.47 Å². The Bertz CT molecular complexity index is 958. The zero-order valence-electron chi connectivity index (χ0n) is 16.1. The molecule has 2 aliphatic rings. The first-order valence-electron chi connectivity index (χ1n) is 8.86. The molecule has 3 heterocycles. The average molecular weight is 425 g/mol. The van der Waals surface area contributed by atoms with Crippen LogP contribution in [0, 0.1) is 5.92 Å². The highest BCUT2D eigenvalue weighted by molar-refractivity contribution is 7.89. The van der Waals surface area contributed by atoms with Gasteiger partial charge in [0, 0.05) is 38.0 Å².